The average Bonchev–Trinajstić information content (AvgIpc) is 2.91. The van der Waals surface area contributed by atoms with Crippen molar-refractivity contribution in [2.75, 3.05) is 26.4 Å². The molecular formula is C28H47O10P. The summed E-state index contributed by atoms with van der Waals surface area (Å²) in [4.78, 5) is 33.6. The van der Waals surface area contributed by atoms with Crippen LogP contribution in [0.4, 0.5) is 0 Å². The van der Waals surface area contributed by atoms with Crippen LogP contribution in [0.1, 0.15) is 78.1 Å². The van der Waals surface area contributed by atoms with E-state index in [2.05, 4.69) is 37.3 Å². The minimum atomic E-state index is -4.62. The molecule has 0 saturated heterocycles. The number of phosphoric ester groups is 1. The summed E-state index contributed by atoms with van der Waals surface area (Å²) in [5, 5.41) is 18.7. The minimum Gasteiger partial charge on any atom is -0.457 e. The van der Waals surface area contributed by atoms with Crippen LogP contribution in [-0.4, -0.2) is 65.7 Å². The van der Waals surface area contributed by atoms with Gasteiger partial charge >= 0.3 is 19.8 Å². The van der Waals surface area contributed by atoms with Gasteiger partial charge in [0.05, 0.1) is 26.4 Å². The highest BCUT2D eigenvalue weighted by Gasteiger charge is 2.27. The number of esters is 2. The minimum absolute atomic E-state index is 0.0693. The summed E-state index contributed by atoms with van der Waals surface area (Å²) in [6.45, 7) is 1.72. The zero-order valence-electron chi connectivity index (χ0n) is 23.3. The molecule has 11 heteroatoms. The Morgan fingerprint density at radius 3 is 1.64 bits per heavy atom. The van der Waals surface area contributed by atoms with Crippen LogP contribution in [0.3, 0.4) is 0 Å². The molecule has 224 valence electrons. The van der Waals surface area contributed by atoms with E-state index in [0.29, 0.717) is 12.8 Å². The van der Waals surface area contributed by atoms with E-state index in [1.807, 2.05) is 25.2 Å². The van der Waals surface area contributed by atoms with Gasteiger partial charge < -0.3 is 24.6 Å². The monoisotopic (exact) mass is 574 g/mol. The van der Waals surface area contributed by atoms with Gasteiger partial charge in [0.2, 0.25) is 0 Å². The first-order valence-electron chi connectivity index (χ1n) is 13.6. The van der Waals surface area contributed by atoms with Gasteiger partial charge in [0.1, 0.15) is 12.2 Å². The number of hydrogen-bond acceptors (Lipinski definition) is 9. The standard InChI is InChI=1S/C28H47O10P/c1-3-5-7-8-9-10-11-12-13-14-15-16-18-20-28(32)38-26(22-30)24-36-39(33,34)35-23-25(21-29)37-27(31)19-17-6-4-2/h5,7,9-10,12-13,15-16,25-26,29-30H,3-4,6,8,11,14,17-24H2,1-2H3,(H,33,34)/b7-5-,10-9-,13-12-,16-15-. The Hall–Kier alpha value is -2.07. The molecule has 0 aromatic heterocycles. The number of carbonyl (C=O) groups excluding carboxylic acids is 2. The Kier molecular flexibility index (Phi) is 23.6. The van der Waals surface area contributed by atoms with Gasteiger partial charge in [-0.2, -0.15) is 0 Å². The van der Waals surface area contributed by atoms with Crippen molar-refractivity contribution in [3.63, 3.8) is 0 Å². The van der Waals surface area contributed by atoms with E-state index in [1.165, 1.54) is 0 Å². The van der Waals surface area contributed by atoms with E-state index in [0.717, 1.165) is 38.5 Å². The fraction of sp³-hybridized carbons (Fsp3) is 0.643. The first-order valence-corrected chi connectivity index (χ1v) is 15.1. The summed E-state index contributed by atoms with van der Waals surface area (Å²) in [6.07, 6.45) is 20.8. The number of phosphoric acid groups is 1. The fourth-order valence-electron chi connectivity index (χ4n) is 2.95. The van der Waals surface area contributed by atoms with Crippen molar-refractivity contribution in [1.29, 1.82) is 0 Å². The molecule has 3 unspecified atom stereocenters. The van der Waals surface area contributed by atoms with E-state index >= 15 is 0 Å². The highest BCUT2D eigenvalue weighted by Crippen LogP contribution is 2.43. The third-order valence-electron chi connectivity index (χ3n) is 5.07. The summed E-state index contributed by atoms with van der Waals surface area (Å²) in [5.41, 5.74) is 0. The van der Waals surface area contributed by atoms with E-state index in [1.54, 1.807) is 0 Å². The molecule has 39 heavy (non-hydrogen) atoms. The van der Waals surface area contributed by atoms with E-state index in [4.69, 9.17) is 18.5 Å². The molecule has 0 aromatic rings. The molecule has 0 aromatic carbocycles. The second kappa shape index (κ2) is 24.9. The van der Waals surface area contributed by atoms with Gasteiger partial charge in [-0.05, 0) is 38.5 Å². The number of rotatable bonds is 24. The Bertz CT molecular complexity index is 806. The van der Waals surface area contributed by atoms with Crippen LogP contribution in [0.2, 0.25) is 0 Å². The second-order valence-electron chi connectivity index (χ2n) is 8.65. The summed E-state index contributed by atoms with van der Waals surface area (Å²) in [5.74, 6) is -1.14. The zero-order valence-corrected chi connectivity index (χ0v) is 24.2. The second-order valence-corrected chi connectivity index (χ2v) is 10.1. The molecule has 0 heterocycles. The van der Waals surface area contributed by atoms with Crippen molar-refractivity contribution in [2.24, 2.45) is 0 Å². The maximum Gasteiger partial charge on any atom is 0.472 e. The Balaban J connectivity index is 4.21. The molecular weight excluding hydrogens is 527 g/mol. The number of hydrogen-bond donors (Lipinski definition) is 3. The van der Waals surface area contributed by atoms with Crippen LogP contribution in [0.5, 0.6) is 0 Å². The van der Waals surface area contributed by atoms with Gasteiger partial charge in [-0.3, -0.25) is 18.6 Å². The molecule has 0 aliphatic heterocycles. The topological polar surface area (TPSA) is 149 Å². The van der Waals surface area contributed by atoms with Crippen LogP contribution in [0.25, 0.3) is 0 Å². The number of aliphatic hydroxyl groups excluding tert-OH is 2. The van der Waals surface area contributed by atoms with Gasteiger partial charge in [0.25, 0.3) is 0 Å². The first kappa shape index (κ1) is 36.9. The van der Waals surface area contributed by atoms with Gasteiger partial charge in [-0.25, -0.2) is 4.57 Å². The highest BCUT2D eigenvalue weighted by molar-refractivity contribution is 7.47. The van der Waals surface area contributed by atoms with E-state index in [-0.39, 0.29) is 12.8 Å². The lowest BCUT2D eigenvalue weighted by Crippen LogP contribution is -2.28. The van der Waals surface area contributed by atoms with Crippen LogP contribution in [0.15, 0.2) is 48.6 Å². The Morgan fingerprint density at radius 2 is 1.18 bits per heavy atom. The van der Waals surface area contributed by atoms with Gasteiger partial charge in [0, 0.05) is 12.8 Å². The molecule has 0 bridgehead atoms. The molecule has 10 nitrogen and oxygen atoms in total. The molecule has 0 saturated carbocycles. The molecule has 0 radical (unpaired) electrons. The van der Waals surface area contributed by atoms with Crippen LogP contribution in [-0.2, 0) is 32.7 Å². The predicted octanol–water partition coefficient (Wildman–Crippen LogP) is 5.09. The van der Waals surface area contributed by atoms with Crippen molar-refractivity contribution in [2.45, 2.75) is 90.3 Å². The SMILES string of the molecule is CC/C=C\C/C=C\C/C=C\C/C=C\CCC(=O)OC(CO)COP(=O)(O)OCC(CO)OC(=O)CCCCC. The molecule has 0 aliphatic rings. The fourth-order valence-corrected chi connectivity index (χ4v) is 3.73. The lowest BCUT2D eigenvalue weighted by atomic mass is 10.2. The van der Waals surface area contributed by atoms with E-state index in [9.17, 15) is 29.3 Å². The first-order chi connectivity index (χ1) is 18.8. The third kappa shape index (κ3) is 23.5. The number of allylic oxidation sites excluding steroid dienone is 8. The summed E-state index contributed by atoms with van der Waals surface area (Å²) in [6, 6.07) is 0. The van der Waals surface area contributed by atoms with Gasteiger partial charge in [-0.1, -0.05) is 75.3 Å². The average molecular weight is 575 g/mol. The molecule has 0 spiro atoms. The summed E-state index contributed by atoms with van der Waals surface area (Å²) < 4.78 is 31.7. The van der Waals surface area contributed by atoms with Gasteiger partial charge in [-0.15, -0.1) is 0 Å². The third-order valence-corrected chi connectivity index (χ3v) is 6.02. The van der Waals surface area contributed by atoms with Crippen molar-refractivity contribution in [1.82, 2.24) is 0 Å². The number of carbonyl (C=O) groups is 2. The number of ether oxygens (including phenoxy) is 2. The van der Waals surface area contributed by atoms with E-state index < -0.39 is 58.4 Å². The highest BCUT2D eigenvalue weighted by atomic mass is 31.2. The van der Waals surface area contributed by atoms with Crippen molar-refractivity contribution < 1.29 is 47.8 Å². The van der Waals surface area contributed by atoms with Crippen LogP contribution >= 0.6 is 7.82 Å². The van der Waals surface area contributed by atoms with Gasteiger partial charge in [0.15, 0.2) is 0 Å². The normalized spacial score (nSPS) is 15.3. The number of aliphatic hydroxyl groups is 2. The molecule has 0 amide bonds. The zero-order chi connectivity index (χ0) is 29.2. The number of unbranched alkanes of at least 4 members (excludes halogenated alkanes) is 2. The van der Waals surface area contributed by atoms with Crippen molar-refractivity contribution in [3.8, 4) is 0 Å². The molecule has 0 aliphatic carbocycles. The molecule has 0 fully saturated rings. The Labute approximate surface area is 233 Å². The van der Waals surface area contributed by atoms with Crippen molar-refractivity contribution in [3.05, 3.63) is 48.6 Å². The lowest BCUT2D eigenvalue weighted by Gasteiger charge is -2.20. The molecule has 0 rings (SSSR count). The Morgan fingerprint density at radius 1 is 0.718 bits per heavy atom. The predicted molar refractivity (Wildman–Crippen MR) is 150 cm³/mol. The maximum absolute atomic E-state index is 12.1. The summed E-state index contributed by atoms with van der Waals surface area (Å²) in [7, 11) is -4.62. The largest absolute Gasteiger partial charge is 0.472 e. The maximum atomic E-state index is 12.1. The van der Waals surface area contributed by atoms with Crippen LogP contribution < -0.4 is 0 Å². The smallest absolute Gasteiger partial charge is 0.457 e. The summed E-state index contributed by atoms with van der Waals surface area (Å²) >= 11 is 0. The van der Waals surface area contributed by atoms with Crippen molar-refractivity contribution >= 4 is 19.8 Å². The van der Waals surface area contributed by atoms with Crippen LogP contribution in [0, 0.1) is 0 Å². The molecule has 3 atom stereocenters. The molecule has 3 N–H and O–H groups in total. The lowest BCUT2D eigenvalue weighted by molar-refractivity contribution is -0.153. The quantitative estimate of drug-likeness (QED) is 0.0616.